The Labute approximate surface area is 81.5 Å². The van der Waals surface area contributed by atoms with Crippen molar-refractivity contribution in [2.75, 3.05) is 19.6 Å². The lowest BCUT2D eigenvalue weighted by Crippen LogP contribution is -2.40. The second-order valence-corrected chi connectivity index (χ2v) is 2.98. The number of rotatable bonds is 3. The van der Waals surface area contributed by atoms with Gasteiger partial charge >= 0.3 is 0 Å². The number of carbonyl (C=O) groups is 2. The van der Waals surface area contributed by atoms with E-state index in [1.165, 1.54) is 4.90 Å². The minimum absolute atomic E-state index is 0.0124. The van der Waals surface area contributed by atoms with E-state index in [1.807, 2.05) is 6.92 Å². The second-order valence-electron chi connectivity index (χ2n) is 2.59. The van der Waals surface area contributed by atoms with Gasteiger partial charge in [0.1, 0.15) is 6.54 Å². The van der Waals surface area contributed by atoms with Crippen molar-refractivity contribution in [2.45, 2.75) is 6.92 Å². The highest BCUT2D eigenvalue weighted by molar-refractivity contribution is 7.80. The fourth-order valence-electron chi connectivity index (χ4n) is 1.01. The third kappa shape index (κ3) is 2.38. The predicted octanol–water partition coefficient (Wildman–Crippen LogP) is -1.16. The molecule has 1 heterocycles. The van der Waals surface area contributed by atoms with Crippen LogP contribution in [0.2, 0.25) is 0 Å². The van der Waals surface area contributed by atoms with Crippen molar-refractivity contribution in [1.29, 1.82) is 0 Å². The van der Waals surface area contributed by atoms with Crippen LogP contribution in [0.1, 0.15) is 6.92 Å². The smallest absolute Gasteiger partial charge is 0.248 e. The van der Waals surface area contributed by atoms with Crippen molar-refractivity contribution in [3.05, 3.63) is 0 Å². The lowest BCUT2D eigenvalue weighted by molar-refractivity contribution is -0.130. The lowest BCUT2D eigenvalue weighted by Gasteiger charge is -2.13. The summed E-state index contributed by atoms with van der Waals surface area (Å²) >= 11 is 4.83. The number of likely N-dealkylation sites (N-methyl/N-ethyl adjacent to an activating group) is 1. The molecule has 0 aromatic rings. The van der Waals surface area contributed by atoms with Gasteiger partial charge in [0.15, 0.2) is 5.11 Å². The highest BCUT2D eigenvalue weighted by atomic mass is 32.1. The van der Waals surface area contributed by atoms with Crippen molar-refractivity contribution in [3.63, 3.8) is 0 Å². The number of carbonyl (C=O) groups excluding carboxylic acids is 2. The normalized spacial score (nSPS) is 15.9. The third-order valence-corrected chi connectivity index (χ3v) is 1.98. The molecular weight excluding hydrogens is 190 g/mol. The van der Waals surface area contributed by atoms with Crippen LogP contribution in [0, 0.1) is 0 Å². The molecule has 2 amide bonds. The van der Waals surface area contributed by atoms with Gasteiger partial charge in [0.25, 0.3) is 0 Å². The Bertz CT molecular complexity index is 238. The van der Waals surface area contributed by atoms with E-state index < -0.39 is 0 Å². The standard InChI is InChI=1S/C7H11N3O2S/c1-2-8-5(11)4-10-6(12)3-9-7(10)13/h2-4H2,1H3,(H,8,11)(H,9,13). The molecule has 0 unspecified atom stereocenters. The largest absolute Gasteiger partial charge is 0.355 e. The maximum atomic E-state index is 11.1. The van der Waals surface area contributed by atoms with Gasteiger partial charge in [-0.2, -0.15) is 0 Å². The van der Waals surface area contributed by atoms with Crippen molar-refractivity contribution in [3.8, 4) is 0 Å². The van der Waals surface area contributed by atoms with Gasteiger partial charge in [0.05, 0.1) is 6.54 Å². The van der Waals surface area contributed by atoms with E-state index in [2.05, 4.69) is 10.6 Å². The molecule has 1 rings (SSSR count). The van der Waals surface area contributed by atoms with Crippen LogP contribution in [-0.4, -0.2) is 41.5 Å². The highest BCUT2D eigenvalue weighted by Gasteiger charge is 2.26. The average molecular weight is 201 g/mol. The van der Waals surface area contributed by atoms with Crippen LogP contribution in [0.25, 0.3) is 0 Å². The molecule has 1 saturated heterocycles. The molecule has 0 aromatic heterocycles. The van der Waals surface area contributed by atoms with Gasteiger partial charge in [0.2, 0.25) is 11.8 Å². The number of hydrogen-bond donors (Lipinski definition) is 2. The van der Waals surface area contributed by atoms with Crippen molar-refractivity contribution < 1.29 is 9.59 Å². The Morgan fingerprint density at radius 3 is 2.92 bits per heavy atom. The molecule has 0 radical (unpaired) electrons. The van der Waals surface area contributed by atoms with E-state index in [0.29, 0.717) is 11.7 Å². The molecule has 0 spiro atoms. The summed E-state index contributed by atoms with van der Waals surface area (Å²) in [5.74, 6) is -0.349. The first kappa shape index (κ1) is 9.91. The van der Waals surface area contributed by atoms with Gasteiger partial charge in [-0.1, -0.05) is 0 Å². The van der Waals surface area contributed by atoms with Crippen LogP contribution < -0.4 is 10.6 Å². The average Bonchev–Trinajstić information content (AvgIpc) is 2.36. The SMILES string of the molecule is CCNC(=O)CN1C(=O)CNC1=S. The van der Waals surface area contributed by atoms with Gasteiger partial charge in [-0.15, -0.1) is 0 Å². The molecule has 0 saturated carbocycles. The summed E-state index contributed by atoms with van der Waals surface area (Å²) in [5.41, 5.74) is 0. The molecule has 1 fully saturated rings. The van der Waals surface area contributed by atoms with E-state index in [-0.39, 0.29) is 24.9 Å². The first-order valence-corrected chi connectivity index (χ1v) is 4.41. The minimum atomic E-state index is -0.193. The van der Waals surface area contributed by atoms with E-state index in [9.17, 15) is 9.59 Å². The summed E-state index contributed by atoms with van der Waals surface area (Å²) in [6, 6.07) is 0. The zero-order valence-corrected chi connectivity index (χ0v) is 8.11. The summed E-state index contributed by atoms with van der Waals surface area (Å²) in [6.45, 7) is 2.58. The van der Waals surface area contributed by atoms with Gasteiger partial charge in [0, 0.05) is 6.54 Å². The van der Waals surface area contributed by atoms with Crippen LogP contribution >= 0.6 is 12.2 Å². The van der Waals surface area contributed by atoms with Gasteiger partial charge < -0.3 is 10.6 Å². The maximum Gasteiger partial charge on any atom is 0.248 e. The molecule has 72 valence electrons. The third-order valence-electron chi connectivity index (χ3n) is 1.61. The predicted molar refractivity (Wildman–Crippen MR) is 51.0 cm³/mol. The van der Waals surface area contributed by atoms with Crippen LogP contribution in [0.3, 0.4) is 0 Å². The van der Waals surface area contributed by atoms with Crippen LogP contribution in [0.4, 0.5) is 0 Å². The number of nitrogens with zero attached hydrogens (tertiary/aromatic N) is 1. The lowest BCUT2D eigenvalue weighted by atomic mass is 10.5. The molecule has 0 aromatic carbocycles. The topological polar surface area (TPSA) is 61.4 Å². The Balaban J connectivity index is 2.48. The number of nitrogens with one attached hydrogen (secondary N) is 2. The summed E-state index contributed by atoms with van der Waals surface area (Å²) in [7, 11) is 0. The summed E-state index contributed by atoms with van der Waals surface area (Å²) in [6.07, 6.45) is 0. The number of thiocarbonyl (C=S) groups is 1. The van der Waals surface area contributed by atoms with Crippen molar-refractivity contribution in [2.24, 2.45) is 0 Å². The van der Waals surface area contributed by atoms with Gasteiger partial charge in [-0.25, -0.2) is 0 Å². The Hall–Kier alpha value is -1.17. The zero-order chi connectivity index (χ0) is 9.84. The van der Waals surface area contributed by atoms with Crippen LogP contribution in [-0.2, 0) is 9.59 Å². The second kappa shape index (κ2) is 4.18. The molecule has 5 nitrogen and oxygen atoms in total. The Kier molecular flexibility index (Phi) is 3.18. The van der Waals surface area contributed by atoms with E-state index in [4.69, 9.17) is 12.2 Å². The zero-order valence-electron chi connectivity index (χ0n) is 7.29. The van der Waals surface area contributed by atoms with Crippen LogP contribution in [0.15, 0.2) is 0 Å². The summed E-state index contributed by atoms with van der Waals surface area (Å²) in [5, 5.41) is 5.62. The summed E-state index contributed by atoms with van der Waals surface area (Å²) in [4.78, 5) is 23.5. The quantitative estimate of drug-likeness (QED) is 0.565. The minimum Gasteiger partial charge on any atom is -0.355 e. The monoisotopic (exact) mass is 201 g/mol. The number of hydrogen-bond acceptors (Lipinski definition) is 3. The summed E-state index contributed by atoms with van der Waals surface area (Å²) < 4.78 is 0. The van der Waals surface area contributed by atoms with Crippen molar-refractivity contribution >= 4 is 29.1 Å². The molecule has 0 bridgehead atoms. The van der Waals surface area contributed by atoms with Crippen LogP contribution in [0.5, 0.6) is 0 Å². The number of amides is 2. The van der Waals surface area contributed by atoms with E-state index in [0.717, 1.165) is 0 Å². The van der Waals surface area contributed by atoms with E-state index in [1.54, 1.807) is 0 Å². The molecule has 6 heteroatoms. The molecule has 1 aliphatic rings. The molecular formula is C7H11N3O2S. The molecule has 2 N–H and O–H groups in total. The van der Waals surface area contributed by atoms with E-state index >= 15 is 0 Å². The molecule has 13 heavy (non-hydrogen) atoms. The Morgan fingerprint density at radius 2 is 2.46 bits per heavy atom. The first-order valence-electron chi connectivity index (χ1n) is 4.00. The van der Waals surface area contributed by atoms with Crippen molar-refractivity contribution in [1.82, 2.24) is 15.5 Å². The fourth-order valence-corrected chi connectivity index (χ4v) is 1.25. The van der Waals surface area contributed by atoms with Gasteiger partial charge in [-0.3, -0.25) is 14.5 Å². The highest BCUT2D eigenvalue weighted by Crippen LogP contribution is 1.97. The van der Waals surface area contributed by atoms with Gasteiger partial charge in [-0.05, 0) is 19.1 Å². The maximum absolute atomic E-state index is 11.1. The molecule has 0 atom stereocenters. The Morgan fingerprint density at radius 1 is 1.77 bits per heavy atom. The molecule has 1 aliphatic heterocycles. The first-order chi connectivity index (χ1) is 6.15. The molecule has 0 aliphatic carbocycles. The fraction of sp³-hybridized carbons (Fsp3) is 0.571.